The molecule has 1 amide bonds. The van der Waals surface area contributed by atoms with Gasteiger partial charge in [0, 0.05) is 11.4 Å². The molecule has 0 saturated carbocycles. The van der Waals surface area contributed by atoms with E-state index in [1.165, 1.54) is 23.1 Å². The Morgan fingerprint density at radius 2 is 2.10 bits per heavy atom. The largest absolute Gasteiger partial charge is 0.399 e. The Kier molecular flexibility index (Phi) is 5.49. The summed E-state index contributed by atoms with van der Waals surface area (Å²) in [4.78, 5) is 12.2. The fourth-order valence-corrected chi connectivity index (χ4v) is 4.18. The van der Waals surface area contributed by atoms with E-state index in [1.807, 2.05) is 32.2 Å². The van der Waals surface area contributed by atoms with Crippen LogP contribution in [0.25, 0.3) is 0 Å². The SMILES string of the molecule is CSc1nnc(SC(C)C(=O)Nc2ccc(N)cc2C)s1. The monoisotopic (exact) mass is 340 g/mol. The number of anilines is 2. The third kappa shape index (κ3) is 4.36. The first-order valence-corrected chi connectivity index (χ1v) is 9.13. The van der Waals surface area contributed by atoms with Crippen LogP contribution in [-0.4, -0.2) is 27.6 Å². The summed E-state index contributed by atoms with van der Waals surface area (Å²) >= 11 is 4.46. The molecule has 1 unspecified atom stereocenters. The molecule has 1 atom stereocenters. The molecule has 0 aliphatic heterocycles. The topological polar surface area (TPSA) is 80.9 Å². The first kappa shape index (κ1) is 16.1. The molecule has 112 valence electrons. The van der Waals surface area contributed by atoms with Gasteiger partial charge in [0.25, 0.3) is 0 Å². The minimum absolute atomic E-state index is 0.0613. The lowest BCUT2D eigenvalue weighted by Crippen LogP contribution is -2.22. The molecule has 0 aliphatic carbocycles. The predicted molar refractivity (Wildman–Crippen MR) is 91.2 cm³/mol. The predicted octanol–water partition coefficient (Wildman–Crippen LogP) is 3.27. The minimum atomic E-state index is -0.246. The second-order valence-corrected chi connectivity index (χ2v) is 7.98. The lowest BCUT2D eigenvalue weighted by molar-refractivity contribution is -0.115. The molecule has 3 N–H and O–H groups in total. The highest BCUT2D eigenvalue weighted by atomic mass is 32.2. The molecular formula is C13H16N4OS3. The molecule has 0 aliphatic rings. The number of amides is 1. The zero-order chi connectivity index (χ0) is 15.4. The number of nitrogen functional groups attached to an aromatic ring is 1. The van der Waals surface area contributed by atoms with E-state index < -0.39 is 0 Å². The number of nitrogens with one attached hydrogen (secondary N) is 1. The van der Waals surface area contributed by atoms with Gasteiger partial charge in [-0.1, -0.05) is 34.9 Å². The van der Waals surface area contributed by atoms with Crippen molar-refractivity contribution in [1.82, 2.24) is 10.2 Å². The van der Waals surface area contributed by atoms with Gasteiger partial charge in [-0.25, -0.2) is 0 Å². The number of hydrogen-bond donors (Lipinski definition) is 2. The molecule has 2 rings (SSSR count). The molecule has 0 fully saturated rings. The number of rotatable bonds is 5. The highest BCUT2D eigenvalue weighted by molar-refractivity contribution is 8.03. The average Bonchev–Trinajstić information content (AvgIpc) is 2.89. The zero-order valence-electron chi connectivity index (χ0n) is 11.9. The minimum Gasteiger partial charge on any atom is -0.399 e. The van der Waals surface area contributed by atoms with Crippen LogP contribution in [0.3, 0.4) is 0 Å². The molecule has 21 heavy (non-hydrogen) atoms. The second kappa shape index (κ2) is 7.15. The van der Waals surface area contributed by atoms with Crippen molar-refractivity contribution < 1.29 is 4.79 Å². The van der Waals surface area contributed by atoms with Crippen LogP contribution in [0.4, 0.5) is 11.4 Å². The van der Waals surface area contributed by atoms with Crippen LogP contribution in [0.1, 0.15) is 12.5 Å². The Balaban J connectivity index is 1.99. The number of aryl methyl sites for hydroxylation is 1. The third-order valence-corrected chi connectivity index (χ3v) is 5.80. The lowest BCUT2D eigenvalue weighted by Gasteiger charge is -2.12. The Morgan fingerprint density at radius 1 is 1.38 bits per heavy atom. The summed E-state index contributed by atoms with van der Waals surface area (Å²) in [5, 5.41) is 10.7. The molecule has 1 heterocycles. The van der Waals surface area contributed by atoms with Crippen molar-refractivity contribution in [3.63, 3.8) is 0 Å². The van der Waals surface area contributed by atoms with Gasteiger partial charge in [-0.2, -0.15) is 0 Å². The number of nitrogens with zero attached hydrogens (tertiary/aromatic N) is 2. The van der Waals surface area contributed by atoms with Gasteiger partial charge in [0.05, 0.1) is 5.25 Å². The average molecular weight is 340 g/mol. The van der Waals surface area contributed by atoms with E-state index in [1.54, 1.807) is 17.8 Å². The van der Waals surface area contributed by atoms with E-state index in [4.69, 9.17) is 5.73 Å². The van der Waals surface area contributed by atoms with Crippen molar-refractivity contribution in [2.75, 3.05) is 17.3 Å². The summed E-state index contributed by atoms with van der Waals surface area (Å²) in [6.07, 6.45) is 1.95. The molecule has 5 nitrogen and oxygen atoms in total. The molecule has 8 heteroatoms. The van der Waals surface area contributed by atoms with Crippen molar-refractivity contribution in [2.24, 2.45) is 0 Å². The van der Waals surface area contributed by atoms with Gasteiger partial charge in [-0.15, -0.1) is 10.2 Å². The van der Waals surface area contributed by atoms with Crippen LogP contribution in [0.15, 0.2) is 26.9 Å². The van der Waals surface area contributed by atoms with Crippen molar-refractivity contribution in [3.8, 4) is 0 Å². The van der Waals surface area contributed by atoms with E-state index in [0.717, 1.165) is 19.9 Å². The maximum Gasteiger partial charge on any atom is 0.237 e. The highest BCUT2D eigenvalue weighted by Crippen LogP contribution is 2.30. The Labute approximate surface area is 136 Å². The number of benzene rings is 1. The van der Waals surface area contributed by atoms with Crippen LogP contribution in [-0.2, 0) is 4.79 Å². The summed E-state index contributed by atoms with van der Waals surface area (Å²) in [6.45, 7) is 3.77. The van der Waals surface area contributed by atoms with Crippen LogP contribution in [0, 0.1) is 6.92 Å². The number of carbonyl (C=O) groups excluding carboxylic acids is 1. The van der Waals surface area contributed by atoms with E-state index in [-0.39, 0.29) is 11.2 Å². The van der Waals surface area contributed by atoms with Crippen molar-refractivity contribution in [3.05, 3.63) is 23.8 Å². The number of thioether (sulfide) groups is 2. The first-order chi connectivity index (χ1) is 9.99. The molecule has 1 aromatic heterocycles. The van der Waals surface area contributed by atoms with Gasteiger partial charge in [-0.3, -0.25) is 4.79 Å². The summed E-state index contributed by atoms with van der Waals surface area (Å²) < 4.78 is 1.70. The van der Waals surface area contributed by atoms with Gasteiger partial charge >= 0.3 is 0 Å². The Morgan fingerprint density at radius 3 is 2.71 bits per heavy atom. The second-order valence-electron chi connectivity index (χ2n) is 4.36. The molecular weight excluding hydrogens is 324 g/mol. The van der Waals surface area contributed by atoms with E-state index in [9.17, 15) is 4.79 Å². The summed E-state index contributed by atoms with van der Waals surface area (Å²) in [7, 11) is 0. The molecule has 0 radical (unpaired) electrons. The van der Waals surface area contributed by atoms with Gasteiger partial charge in [0.1, 0.15) is 0 Å². The first-order valence-electron chi connectivity index (χ1n) is 6.20. The van der Waals surface area contributed by atoms with Crippen LogP contribution in [0.2, 0.25) is 0 Å². The van der Waals surface area contributed by atoms with Gasteiger partial charge in [-0.05, 0) is 43.9 Å². The fraction of sp³-hybridized carbons (Fsp3) is 0.308. The van der Waals surface area contributed by atoms with E-state index in [2.05, 4.69) is 15.5 Å². The molecule has 2 aromatic rings. The van der Waals surface area contributed by atoms with Crippen LogP contribution >= 0.6 is 34.9 Å². The van der Waals surface area contributed by atoms with Crippen LogP contribution in [0.5, 0.6) is 0 Å². The van der Waals surface area contributed by atoms with Crippen LogP contribution < -0.4 is 11.1 Å². The van der Waals surface area contributed by atoms with Gasteiger partial charge < -0.3 is 11.1 Å². The van der Waals surface area contributed by atoms with Crippen molar-refractivity contribution in [1.29, 1.82) is 0 Å². The molecule has 0 saturated heterocycles. The fourth-order valence-electron chi connectivity index (χ4n) is 1.59. The van der Waals surface area contributed by atoms with Crippen molar-refractivity contribution >= 4 is 52.1 Å². The smallest absolute Gasteiger partial charge is 0.237 e. The maximum absolute atomic E-state index is 12.2. The number of aromatic nitrogens is 2. The molecule has 0 spiro atoms. The Hall–Kier alpha value is -1.25. The summed E-state index contributed by atoms with van der Waals surface area (Å²) in [6, 6.07) is 5.43. The number of nitrogens with two attached hydrogens (primary N) is 1. The number of carbonyl (C=O) groups is 1. The summed E-state index contributed by atoms with van der Waals surface area (Å²) in [5.41, 5.74) is 8.12. The van der Waals surface area contributed by atoms with E-state index >= 15 is 0 Å². The maximum atomic E-state index is 12.2. The molecule has 1 aromatic carbocycles. The molecule has 0 bridgehead atoms. The van der Waals surface area contributed by atoms with Gasteiger partial charge in [0.2, 0.25) is 5.91 Å². The number of hydrogen-bond acceptors (Lipinski definition) is 7. The van der Waals surface area contributed by atoms with E-state index in [0.29, 0.717) is 5.69 Å². The zero-order valence-corrected chi connectivity index (χ0v) is 14.4. The van der Waals surface area contributed by atoms with Crippen molar-refractivity contribution in [2.45, 2.75) is 27.8 Å². The third-order valence-electron chi connectivity index (χ3n) is 2.72. The normalized spacial score (nSPS) is 12.1. The Bertz CT molecular complexity index is 644. The standard InChI is InChI=1S/C13H16N4OS3/c1-7-6-9(14)4-5-10(7)15-11(18)8(2)20-13-17-16-12(19-3)21-13/h4-6,8H,14H2,1-3H3,(H,15,18). The van der Waals surface area contributed by atoms with Gasteiger partial charge in [0.15, 0.2) is 8.68 Å². The lowest BCUT2D eigenvalue weighted by atomic mass is 10.2. The quantitative estimate of drug-likeness (QED) is 0.642. The highest BCUT2D eigenvalue weighted by Gasteiger charge is 2.17. The summed E-state index contributed by atoms with van der Waals surface area (Å²) in [5.74, 6) is -0.0613.